The second kappa shape index (κ2) is 4.13. The molecule has 0 spiro atoms. The van der Waals surface area contributed by atoms with Crippen molar-refractivity contribution in [3.05, 3.63) is 17.7 Å². The molecule has 1 aromatic heterocycles. The number of nitrogens with zero attached hydrogens (tertiary/aromatic N) is 1. The van der Waals surface area contributed by atoms with Gasteiger partial charge in [0.05, 0.1) is 6.54 Å². The molecule has 0 aliphatic carbocycles. The Hall–Kier alpha value is -0.830. The first-order chi connectivity index (χ1) is 5.33. The molecule has 2 N–H and O–H groups in total. The van der Waals surface area contributed by atoms with Crippen molar-refractivity contribution in [2.45, 2.75) is 26.8 Å². The monoisotopic (exact) mass is 153 g/mol. The molecule has 0 unspecified atom stereocenters. The molecule has 0 saturated carbocycles. The van der Waals surface area contributed by atoms with Crippen molar-refractivity contribution in [1.82, 2.24) is 15.3 Å². The molecule has 0 atom stereocenters. The molecule has 0 aliphatic heterocycles. The van der Waals surface area contributed by atoms with Gasteiger partial charge < -0.3 is 10.3 Å². The molecule has 3 heteroatoms. The minimum absolute atomic E-state index is 0.849. The smallest absolute Gasteiger partial charge is 0.120 e. The average Bonchev–Trinajstić information content (AvgIpc) is 2.37. The number of hydrogen-bond acceptors (Lipinski definition) is 2. The summed E-state index contributed by atoms with van der Waals surface area (Å²) >= 11 is 0. The van der Waals surface area contributed by atoms with E-state index in [0.717, 1.165) is 24.6 Å². The summed E-state index contributed by atoms with van der Waals surface area (Å²) in [5, 5.41) is 3.27. The van der Waals surface area contributed by atoms with Crippen LogP contribution in [0.25, 0.3) is 0 Å². The first kappa shape index (κ1) is 8.27. The van der Waals surface area contributed by atoms with Gasteiger partial charge in [0.15, 0.2) is 0 Å². The van der Waals surface area contributed by atoms with Crippen LogP contribution in [0, 0.1) is 6.92 Å². The van der Waals surface area contributed by atoms with E-state index in [9.17, 15) is 0 Å². The minimum Gasteiger partial charge on any atom is -0.345 e. The fourth-order valence-corrected chi connectivity index (χ4v) is 0.940. The number of nitrogens with one attached hydrogen (secondary N) is 2. The molecular weight excluding hydrogens is 138 g/mol. The highest BCUT2D eigenvalue weighted by atomic mass is 15.0. The molecule has 11 heavy (non-hydrogen) atoms. The molecule has 62 valence electrons. The Labute approximate surface area is 67.2 Å². The summed E-state index contributed by atoms with van der Waals surface area (Å²) in [5.74, 6) is 1.02. The van der Waals surface area contributed by atoms with Crippen LogP contribution in [0.4, 0.5) is 0 Å². The van der Waals surface area contributed by atoms with Crippen LogP contribution in [0.1, 0.15) is 24.9 Å². The Kier molecular flexibility index (Phi) is 3.11. The van der Waals surface area contributed by atoms with Gasteiger partial charge in [-0.05, 0) is 19.9 Å². The van der Waals surface area contributed by atoms with Gasteiger partial charge in [-0.3, -0.25) is 0 Å². The van der Waals surface area contributed by atoms with E-state index in [1.165, 1.54) is 6.42 Å². The van der Waals surface area contributed by atoms with E-state index in [-0.39, 0.29) is 0 Å². The van der Waals surface area contributed by atoms with Crippen LogP contribution in [-0.2, 0) is 6.54 Å². The Morgan fingerprint density at radius 3 is 3.00 bits per heavy atom. The topological polar surface area (TPSA) is 40.7 Å². The molecule has 0 radical (unpaired) electrons. The van der Waals surface area contributed by atoms with Crippen molar-refractivity contribution in [3.8, 4) is 0 Å². The summed E-state index contributed by atoms with van der Waals surface area (Å²) in [6.07, 6.45) is 3.02. The number of hydrogen-bond donors (Lipinski definition) is 2. The van der Waals surface area contributed by atoms with E-state index in [2.05, 4.69) is 22.2 Å². The average molecular weight is 153 g/mol. The fourth-order valence-electron chi connectivity index (χ4n) is 0.940. The zero-order valence-electron chi connectivity index (χ0n) is 7.15. The SMILES string of the molecule is CCCNCc1ncc(C)[nH]1. The number of imidazole rings is 1. The Morgan fingerprint density at radius 2 is 2.45 bits per heavy atom. The van der Waals surface area contributed by atoms with Gasteiger partial charge in [0.1, 0.15) is 5.82 Å². The summed E-state index contributed by atoms with van der Waals surface area (Å²) in [5.41, 5.74) is 1.12. The lowest BCUT2D eigenvalue weighted by atomic mass is 10.4. The van der Waals surface area contributed by atoms with Crippen molar-refractivity contribution < 1.29 is 0 Å². The third kappa shape index (κ3) is 2.72. The quantitative estimate of drug-likeness (QED) is 0.638. The molecule has 0 saturated heterocycles. The van der Waals surface area contributed by atoms with Gasteiger partial charge in [0.2, 0.25) is 0 Å². The van der Waals surface area contributed by atoms with Gasteiger partial charge in [-0.2, -0.15) is 0 Å². The van der Waals surface area contributed by atoms with Crippen molar-refractivity contribution >= 4 is 0 Å². The molecule has 0 bridgehead atoms. The van der Waals surface area contributed by atoms with Crippen molar-refractivity contribution in [2.75, 3.05) is 6.54 Å². The highest BCUT2D eigenvalue weighted by molar-refractivity contribution is 4.97. The van der Waals surface area contributed by atoms with E-state index < -0.39 is 0 Å². The second-order valence-electron chi connectivity index (χ2n) is 2.69. The van der Waals surface area contributed by atoms with E-state index in [1.807, 2.05) is 13.1 Å². The molecule has 1 aromatic rings. The van der Waals surface area contributed by atoms with Crippen LogP contribution in [-0.4, -0.2) is 16.5 Å². The number of aromatic nitrogens is 2. The fraction of sp³-hybridized carbons (Fsp3) is 0.625. The van der Waals surface area contributed by atoms with Crippen LogP contribution < -0.4 is 5.32 Å². The molecule has 1 rings (SSSR count). The zero-order valence-corrected chi connectivity index (χ0v) is 7.15. The standard InChI is InChI=1S/C8H15N3/c1-3-4-9-6-8-10-5-7(2)11-8/h5,9H,3-4,6H2,1-2H3,(H,10,11). The largest absolute Gasteiger partial charge is 0.345 e. The maximum Gasteiger partial charge on any atom is 0.120 e. The molecule has 0 aromatic carbocycles. The van der Waals surface area contributed by atoms with Crippen molar-refractivity contribution in [2.24, 2.45) is 0 Å². The number of H-pyrrole nitrogens is 1. The predicted molar refractivity (Wildman–Crippen MR) is 45.3 cm³/mol. The molecule has 0 aliphatic rings. The molecule has 1 heterocycles. The van der Waals surface area contributed by atoms with Crippen LogP contribution in [0.15, 0.2) is 6.20 Å². The zero-order chi connectivity index (χ0) is 8.10. The van der Waals surface area contributed by atoms with Gasteiger partial charge in [-0.15, -0.1) is 0 Å². The maximum absolute atomic E-state index is 4.17. The lowest BCUT2D eigenvalue weighted by molar-refractivity contribution is 0.655. The van der Waals surface area contributed by atoms with E-state index in [1.54, 1.807) is 0 Å². The Morgan fingerprint density at radius 1 is 1.64 bits per heavy atom. The van der Waals surface area contributed by atoms with E-state index in [4.69, 9.17) is 0 Å². The van der Waals surface area contributed by atoms with Crippen molar-refractivity contribution in [3.63, 3.8) is 0 Å². The number of aryl methyl sites for hydroxylation is 1. The summed E-state index contributed by atoms with van der Waals surface area (Å²) in [6, 6.07) is 0. The third-order valence-electron chi connectivity index (χ3n) is 1.47. The summed E-state index contributed by atoms with van der Waals surface area (Å²) in [4.78, 5) is 7.33. The minimum atomic E-state index is 0.849. The molecule has 0 amide bonds. The van der Waals surface area contributed by atoms with Crippen LogP contribution >= 0.6 is 0 Å². The summed E-state index contributed by atoms with van der Waals surface area (Å²) in [6.45, 7) is 6.07. The van der Waals surface area contributed by atoms with Gasteiger partial charge in [0, 0.05) is 11.9 Å². The van der Waals surface area contributed by atoms with Gasteiger partial charge >= 0.3 is 0 Å². The highest BCUT2D eigenvalue weighted by Gasteiger charge is 1.94. The molecule has 3 nitrogen and oxygen atoms in total. The first-order valence-corrected chi connectivity index (χ1v) is 4.04. The first-order valence-electron chi connectivity index (χ1n) is 4.04. The van der Waals surface area contributed by atoms with E-state index >= 15 is 0 Å². The van der Waals surface area contributed by atoms with E-state index in [0.29, 0.717) is 0 Å². The highest BCUT2D eigenvalue weighted by Crippen LogP contribution is 1.93. The Balaban J connectivity index is 2.27. The van der Waals surface area contributed by atoms with Crippen LogP contribution in [0.3, 0.4) is 0 Å². The number of rotatable bonds is 4. The summed E-state index contributed by atoms with van der Waals surface area (Å²) in [7, 11) is 0. The summed E-state index contributed by atoms with van der Waals surface area (Å²) < 4.78 is 0. The van der Waals surface area contributed by atoms with Gasteiger partial charge in [-0.1, -0.05) is 6.92 Å². The van der Waals surface area contributed by atoms with Crippen LogP contribution in [0.2, 0.25) is 0 Å². The normalized spacial score (nSPS) is 10.4. The lowest BCUT2D eigenvalue weighted by Gasteiger charge is -1.97. The molecular formula is C8H15N3. The predicted octanol–water partition coefficient (Wildman–Crippen LogP) is 1.22. The lowest BCUT2D eigenvalue weighted by Crippen LogP contribution is -2.14. The van der Waals surface area contributed by atoms with Gasteiger partial charge in [0.25, 0.3) is 0 Å². The van der Waals surface area contributed by atoms with Crippen LogP contribution in [0.5, 0.6) is 0 Å². The molecule has 0 fully saturated rings. The maximum atomic E-state index is 4.17. The van der Waals surface area contributed by atoms with Crippen molar-refractivity contribution in [1.29, 1.82) is 0 Å². The third-order valence-corrected chi connectivity index (χ3v) is 1.47. The Bertz CT molecular complexity index is 205. The number of aromatic amines is 1. The second-order valence-corrected chi connectivity index (χ2v) is 2.69. The van der Waals surface area contributed by atoms with Gasteiger partial charge in [-0.25, -0.2) is 4.98 Å².